The molecule has 3 aliphatic carbocycles. The molecule has 0 spiro atoms. The van der Waals surface area contributed by atoms with Gasteiger partial charge in [0, 0.05) is 11.1 Å². The average Bonchev–Trinajstić information content (AvgIpc) is 2.91. The van der Waals surface area contributed by atoms with Crippen LogP contribution in [0.15, 0.2) is 41.5 Å². The van der Waals surface area contributed by atoms with Crippen LogP contribution in [0.25, 0.3) is 0 Å². The second-order valence-electron chi connectivity index (χ2n) is 14.8. The molecule has 2 aromatic rings. The number of Topliss-reactive ketones (excluding diaryl/α,β-unsaturated/α-hetero) is 4. The molecule has 1 fully saturated rings. The van der Waals surface area contributed by atoms with Crippen molar-refractivity contribution < 1.29 is 34.2 Å². The van der Waals surface area contributed by atoms with Crippen LogP contribution in [0.5, 0.6) is 5.75 Å². The molecule has 0 saturated heterocycles. The number of fused-ring (bicyclic) bond motifs is 3. The van der Waals surface area contributed by atoms with Crippen LogP contribution >= 0.6 is 0 Å². The van der Waals surface area contributed by atoms with Gasteiger partial charge in [0.25, 0.3) is 0 Å². The Morgan fingerprint density at radius 1 is 1.00 bits per heavy atom. The second-order valence-corrected chi connectivity index (χ2v) is 14.8. The summed E-state index contributed by atoms with van der Waals surface area (Å²) in [5.41, 5.74) is -1.83. The van der Waals surface area contributed by atoms with E-state index < -0.39 is 63.2 Å². The maximum atomic E-state index is 14.6. The number of carbonyl (C=O) groups is 5. The monoisotopic (exact) mass is 628 g/mol. The first-order chi connectivity index (χ1) is 21.3. The molecule has 46 heavy (non-hydrogen) atoms. The summed E-state index contributed by atoms with van der Waals surface area (Å²) in [6, 6.07) is 8.23. The zero-order valence-corrected chi connectivity index (χ0v) is 28.0. The van der Waals surface area contributed by atoms with Crippen LogP contribution in [0.4, 0.5) is 16.2 Å². The van der Waals surface area contributed by atoms with Gasteiger partial charge in [-0.05, 0) is 91.7 Å². The molecule has 9 nitrogen and oxygen atoms in total. The molecule has 4 N–H and O–H groups in total. The van der Waals surface area contributed by atoms with E-state index in [1.807, 2.05) is 47.6 Å². The number of urea groups is 1. The highest BCUT2D eigenvalue weighted by Crippen LogP contribution is 2.65. The van der Waals surface area contributed by atoms with Crippen LogP contribution in [0.2, 0.25) is 0 Å². The Labute approximate surface area is 269 Å². The van der Waals surface area contributed by atoms with Gasteiger partial charge in [-0.2, -0.15) is 0 Å². The highest BCUT2D eigenvalue weighted by atomic mass is 16.3. The van der Waals surface area contributed by atoms with E-state index in [2.05, 4.69) is 10.6 Å². The van der Waals surface area contributed by atoms with E-state index in [9.17, 15) is 34.2 Å². The first kappa shape index (κ1) is 33.3. The molecule has 0 aliphatic heterocycles. The highest BCUT2D eigenvalue weighted by molar-refractivity contribution is 6.33. The van der Waals surface area contributed by atoms with Crippen LogP contribution in [0, 0.1) is 35.5 Å². The zero-order chi connectivity index (χ0) is 34.3. The fourth-order valence-electron chi connectivity index (χ4n) is 9.20. The molecule has 0 aromatic heterocycles. The number of aromatic hydroxyl groups is 1. The van der Waals surface area contributed by atoms with Crippen LogP contribution in [-0.4, -0.2) is 45.0 Å². The fraction of sp³-hybridized carbons (Fsp3) is 0.486. The average molecular weight is 629 g/mol. The molecule has 0 bridgehead atoms. The number of phenols is 1. The number of allylic oxidation sites excluding steroid dienone is 1. The van der Waals surface area contributed by atoms with Gasteiger partial charge in [-0.1, -0.05) is 59.2 Å². The van der Waals surface area contributed by atoms with Gasteiger partial charge in [-0.15, -0.1) is 0 Å². The number of rotatable bonds is 5. The van der Waals surface area contributed by atoms with E-state index in [-0.39, 0.29) is 41.5 Å². The number of nitrogens with one attached hydrogen (secondary N) is 2. The quantitative estimate of drug-likeness (QED) is 0.172. The minimum absolute atomic E-state index is 0.00223. The standard InChI is InChI=1S/C37H44N2O7/c1-17(2)23-14-25(39-34(45)38-22-12-10-11-19(5)13-22)30(41)27-24(23)15-35(8)16-36(9)28(18(3)4)20(6)26(21(7)40)32(43)37(36,46)33(44)29(35)31(27)42/h10-14,17-18,28-29,41,46H,15-16H2,1-9H3,(H2,38,39,45)/t28-,29?,35+,36+,37-/m1/s1. The van der Waals surface area contributed by atoms with Crippen LogP contribution < -0.4 is 10.6 Å². The van der Waals surface area contributed by atoms with Gasteiger partial charge in [-0.3, -0.25) is 19.2 Å². The lowest BCUT2D eigenvalue weighted by molar-refractivity contribution is -0.192. The molecule has 0 heterocycles. The van der Waals surface area contributed by atoms with Gasteiger partial charge < -0.3 is 20.8 Å². The number of anilines is 2. The Hall–Kier alpha value is -4.11. The number of aliphatic hydroxyl groups is 1. The van der Waals surface area contributed by atoms with Crippen molar-refractivity contribution in [3.8, 4) is 5.75 Å². The van der Waals surface area contributed by atoms with Crippen molar-refractivity contribution in [3.63, 3.8) is 0 Å². The second kappa shape index (κ2) is 11.0. The van der Waals surface area contributed by atoms with E-state index in [1.54, 1.807) is 38.1 Å². The third-order valence-corrected chi connectivity index (χ3v) is 10.7. The molecule has 5 rings (SSSR count). The van der Waals surface area contributed by atoms with E-state index in [4.69, 9.17) is 0 Å². The van der Waals surface area contributed by atoms with Crippen LogP contribution in [0.1, 0.15) is 94.8 Å². The summed E-state index contributed by atoms with van der Waals surface area (Å²) in [6.45, 7) is 16.2. The number of aryl methyl sites for hydroxylation is 1. The van der Waals surface area contributed by atoms with Gasteiger partial charge in [0.2, 0.25) is 5.78 Å². The summed E-state index contributed by atoms with van der Waals surface area (Å²) in [5.74, 6) is -5.81. The van der Waals surface area contributed by atoms with E-state index in [0.29, 0.717) is 16.8 Å². The number of hydrogen-bond donors (Lipinski definition) is 4. The lowest BCUT2D eigenvalue weighted by Crippen LogP contribution is -2.73. The number of phenolic OH excluding ortho intramolecular Hbond substituents is 1. The smallest absolute Gasteiger partial charge is 0.323 e. The van der Waals surface area contributed by atoms with Gasteiger partial charge in [0.15, 0.2) is 23.0 Å². The summed E-state index contributed by atoms with van der Waals surface area (Å²) in [6.07, 6.45) is 0.390. The Morgan fingerprint density at radius 3 is 2.22 bits per heavy atom. The number of benzene rings is 2. The minimum Gasteiger partial charge on any atom is -0.505 e. The summed E-state index contributed by atoms with van der Waals surface area (Å²) < 4.78 is 0. The molecule has 2 amide bonds. The summed E-state index contributed by atoms with van der Waals surface area (Å²) in [7, 11) is 0. The molecular formula is C37H44N2O7. The predicted molar refractivity (Wildman–Crippen MR) is 175 cm³/mol. The van der Waals surface area contributed by atoms with Crippen LogP contribution in [-0.2, 0) is 20.8 Å². The van der Waals surface area contributed by atoms with Gasteiger partial charge >= 0.3 is 6.03 Å². The van der Waals surface area contributed by atoms with Crippen molar-refractivity contribution in [2.75, 3.05) is 10.6 Å². The minimum atomic E-state index is -2.61. The number of amides is 2. The van der Waals surface area contributed by atoms with Gasteiger partial charge in [0.05, 0.1) is 22.7 Å². The summed E-state index contributed by atoms with van der Waals surface area (Å²) in [4.78, 5) is 69.0. The largest absolute Gasteiger partial charge is 0.505 e. The van der Waals surface area contributed by atoms with Crippen molar-refractivity contribution in [2.45, 2.75) is 86.7 Å². The van der Waals surface area contributed by atoms with E-state index in [0.717, 1.165) is 11.1 Å². The topological polar surface area (TPSA) is 150 Å². The molecular weight excluding hydrogens is 584 g/mol. The highest BCUT2D eigenvalue weighted by Gasteiger charge is 2.73. The van der Waals surface area contributed by atoms with Gasteiger partial charge in [-0.25, -0.2) is 4.79 Å². The maximum Gasteiger partial charge on any atom is 0.323 e. The van der Waals surface area contributed by atoms with Crippen molar-refractivity contribution in [2.24, 2.45) is 28.6 Å². The van der Waals surface area contributed by atoms with Gasteiger partial charge in [0.1, 0.15) is 5.75 Å². The molecule has 9 heteroatoms. The van der Waals surface area contributed by atoms with Crippen molar-refractivity contribution in [1.82, 2.24) is 0 Å². The van der Waals surface area contributed by atoms with E-state index >= 15 is 0 Å². The molecule has 1 saturated carbocycles. The normalized spacial score (nSPS) is 29.0. The molecule has 3 aliphatic rings. The third kappa shape index (κ3) is 4.65. The van der Waals surface area contributed by atoms with Crippen molar-refractivity contribution in [1.29, 1.82) is 0 Å². The Balaban J connectivity index is 1.65. The molecule has 1 unspecified atom stereocenters. The fourth-order valence-corrected chi connectivity index (χ4v) is 9.20. The van der Waals surface area contributed by atoms with Crippen LogP contribution in [0.3, 0.4) is 0 Å². The first-order valence-corrected chi connectivity index (χ1v) is 15.9. The lowest BCUT2D eigenvalue weighted by atomic mass is 9.40. The molecule has 2 aromatic carbocycles. The predicted octanol–water partition coefficient (Wildman–Crippen LogP) is 6.30. The van der Waals surface area contributed by atoms with Crippen molar-refractivity contribution in [3.05, 3.63) is 63.7 Å². The lowest BCUT2D eigenvalue weighted by Gasteiger charge is -2.62. The number of ketones is 4. The molecule has 244 valence electrons. The summed E-state index contributed by atoms with van der Waals surface area (Å²) in [5, 5.41) is 29.3. The summed E-state index contributed by atoms with van der Waals surface area (Å²) >= 11 is 0. The Morgan fingerprint density at radius 2 is 1.65 bits per heavy atom. The number of carbonyl (C=O) groups excluding carboxylic acids is 5. The first-order valence-electron chi connectivity index (χ1n) is 15.9. The zero-order valence-electron chi connectivity index (χ0n) is 28.0. The molecule has 5 atom stereocenters. The Kier molecular flexibility index (Phi) is 7.96. The molecule has 0 radical (unpaired) electrons. The third-order valence-electron chi connectivity index (χ3n) is 10.7. The maximum absolute atomic E-state index is 14.6. The number of hydrogen-bond acceptors (Lipinski definition) is 7. The van der Waals surface area contributed by atoms with Crippen molar-refractivity contribution >= 4 is 40.5 Å². The van der Waals surface area contributed by atoms with E-state index in [1.165, 1.54) is 6.92 Å². The SMILES string of the molecule is CC(=O)C1=C(C)[C@@H](C(C)C)[C@]2(C)C[C@]3(C)Cc4c(C(C)C)cc(NC(=O)Nc5cccc(C)c5)c(O)c4C(=O)C3C(=O)[C@]2(O)C1=O. The Bertz CT molecular complexity index is 1750.